The highest BCUT2D eigenvalue weighted by molar-refractivity contribution is 8.27. The highest BCUT2D eigenvalue weighted by Gasteiger charge is 2.42. The number of thiocarbonyl (C=S) groups is 1. The van der Waals surface area contributed by atoms with Gasteiger partial charge in [0.1, 0.15) is 0 Å². The zero-order chi connectivity index (χ0) is 23.1. The van der Waals surface area contributed by atoms with Crippen molar-refractivity contribution in [2.45, 2.75) is 6.54 Å². The lowest BCUT2D eigenvalue weighted by molar-refractivity contribution is -0.115. The van der Waals surface area contributed by atoms with E-state index in [0.29, 0.717) is 23.4 Å². The minimum atomic E-state index is -1.10. The summed E-state index contributed by atoms with van der Waals surface area (Å²) in [7, 11) is 0. The molecule has 1 saturated heterocycles. The second-order valence-electron chi connectivity index (χ2n) is 7.46. The number of hydrogen-bond donors (Lipinski definition) is 1. The summed E-state index contributed by atoms with van der Waals surface area (Å²) in [6, 6.07) is 23.0. The van der Waals surface area contributed by atoms with Gasteiger partial charge in [0.2, 0.25) is 0 Å². The van der Waals surface area contributed by atoms with E-state index in [4.69, 9.17) is 12.2 Å². The second-order valence-corrected chi connectivity index (χ2v) is 9.11. The monoisotopic (exact) mass is 472 g/mol. The molecule has 0 bridgehead atoms. The van der Waals surface area contributed by atoms with Crippen molar-refractivity contribution in [2.24, 2.45) is 0 Å². The Balaban J connectivity index is 1.57. The van der Waals surface area contributed by atoms with Gasteiger partial charge in [-0.1, -0.05) is 78.6 Å². The van der Waals surface area contributed by atoms with E-state index in [0.717, 1.165) is 23.0 Å². The average molecular weight is 473 g/mol. The summed E-state index contributed by atoms with van der Waals surface area (Å²) in [6.07, 6.45) is 0. The van der Waals surface area contributed by atoms with Crippen molar-refractivity contribution in [3.05, 3.63) is 100 Å². The van der Waals surface area contributed by atoms with E-state index in [1.54, 1.807) is 17.0 Å². The zero-order valence-electron chi connectivity index (χ0n) is 17.1. The number of para-hydroxylation sites is 1. The van der Waals surface area contributed by atoms with Crippen LogP contribution in [0.5, 0.6) is 0 Å². The molecule has 162 valence electrons. The van der Waals surface area contributed by atoms with Gasteiger partial charge in [-0.05, 0) is 29.8 Å². The van der Waals surface area contributed by atoms with Crippen molar-refractivity contribution in [3.63, 3.8) is 0 Å². The van der Waals surface area contributed by atoms with Gasteiger partial charge in [0.15, 0.2) is 4.32 Å². The molecule has 3 aromatic rings. The zero-order valence-corrected chi connectivity index (χ0v) is 18.7. The molecule has 2 aliphatic heterocycles. The lowest BCUT2D eigenvalue weighted by Crippen LogP contribution is -2.29. The average Bonchev–Trinajstić information content (AvgIpc) is 3.26. The van der Waals surface area contributed by atoms with Crippen LogP contribution in [-0.4, -0.2) is 27.2 Å². The quantitative estimate of drug-likeness (QED) is 0.438. The number of carbonyl (C=O) groups is 3. The van der Waals surface area contributed by atoms with Gasteiger partial charge < -0.3 is 10.0 Å². The molecule has 8 heteroatoms. The highest BCUT2D eigenvalue weighted by atomic mass is 32.2. The van der Waals surface area contributed by atoms with Crippen molar-refractivity contribution in [1.29, 1.82) is 0 Å². The SMILES string of the molecule is O=C(O)c1cccc(N2C(=O)/C(=C3/C(=O)N(Cc4ccccc4)c4ccccc43)SC2=S)c1. The number of rotatable bonds is 4. The number of anilines is 2. The molecule has 6 nitrogen and oxygen atoms in total. The number of benzene rings is 3. The maximum atomic E-state index is 13.6. The maximum absolute atomic E-state index is 13.6. The van der Waals surface area contributed by atoms with E-state index < -0.39 is 11.9 Å². The third kappa shape index (κ3) is 3.63. The Morgan fingerprint density at radius 3 is 2.39 bits per heavy atom. The van der Waals surface area contributed by atoms with E-state index in [1.165, 1.54) is 17.0 Å². The number of carbonyl (C=O) groups excluding carboxylic acids is 2. The molecule has 0 unspecified atom stereocenters. The molecule has 33 heavy (non-hydrogen) atoms. The number of amides is 2. The number of thioether (sulfide) groups is 1. The van der Waals surface area contributed by atoms with E-state index in [-0.39, 0.29) is 20.7 Å². The van der Waals surface area contributed by atoms with E-state index >= 15 is 0 Å². The van der Waals surface area contributed by atoms with Crippen LogP contribution in [0.1, 0.15) is 21.5 Å². The molecule has 2 aliphatic rings. The number of nitrogens with zero attached hydrogens (tertiary/aromatic N) is 2. The van der Waals surface area contributed by atoms with Gasteiger partial charge in [-0.15, -0.1) is 0 Å². The Hall–Kier alpha value is -3.75. The van der Waals surface area contributed by atoms with Crippen molar-refractivity contribution < 1.29 is 19.5 Å². The fourth-order valence-electron chi connectivity index (χ4n) is 3.94. The molecule has 0 atom stereocenters. The molecule has 0 aliphatic carbocycles. The number of carboxylic acid groups (broad SMARTS) is 1. The Kier molecular flexibility index (Phi) is 5.32. The summed E-state index contributed by atoms with van der Waals surface area (Å²) < 4.78 is 0.247. The van der Waals surface area contributed by atoms with Gasteiger partial charge in [0.05, 0.1) is 34.0 Å². The minimum Gasteiger partial charge on any atom is -0.478 e. The van der Waals surface area contributed by atoms with Crippen LogP contribution in [0.2, 0.25) is 0 Å². The van der Waals surface area contributed by atoms with Crippen LogP contribution in [0.15, 0.2) is 83.8 Å². The minimum absolute atomic E-state index is 0.0468. The first kappa shape index (κ1) is 21.1. The molecule has 0 radical (unpaired) electrons. The normalized spacial score (nSPS) is 17.6. The maximum Gasteiger partial charge on any atom is 0.335 e. The topological polar surface area (TPSA) is 77.9 Å². The molecule has 0 spiro atoms. The molecular weight excluding hydrogens is 456 g/mol. The van der Waals surface area contributed by atoms with Crippen LogP contribution >= 0.6 is 24.0 Å². The van der Waals surface area contributed by atoms with Crippen molar-refractivity contribution in [2.75, 3.05) is 9.80 Å². The van der Waals surface area contributed by atoms with Crippen molar-refractivity contribution in [1.82, 2.24) is 0 Å². The van der Waals surface area contributed by atoms with E-state index in [1.807, 2.05) is 54.6 Å². The molecule has 0 aromatic heterocycles. The van der Waals surface area contributed by atoms with Crippen molar-refractivity contribution in [3.8, 4) is 0 Å². The lowest BCUT2D eigenvalue weighted by atomic mass is 10.1. The predicted molar refractivity (Wildman–Crippen MR) is 132 cm³/mol. The second kappa shape index (κ2) is 8.31. The van der Waals surface area contributed by atoms with Crippen LogP contribution in [0.25, 0.3) is 5.57 Å². The number of hydrogen-bond acceptors (Lipinski definition) is 5. The molecule has 0 saturated carbocycles. The first-order chi connectivity index (χ1) is 16.0. The summed E-state index contributed by atoms with van der Waals surface area (Å²) in [5, 5.41) is 9.30. The fraction of sp³-hybridized carbons (Fsp3) is 0.0400. The Bertz CT molecular complexity index is 1370. The number of fused-ring (bicyclic) bond motifs is 1. The first-order valence-corrected chi connectivity index (χ1v) is 11.3. The predicted octanol–water partition coefficient (Wildman–Crippen LogP) is 4.71. The van der Waals surface area contributed by atoms with Gasteiger partial charge >= 0.3 is 5.97 Å². The fourth-order valence-corrected chi connectivity index (χ4v) is 5.31. The Morgan fingerprint density at radius 2 is 1.64 bits per heavy atom. The van der Waals surface area contributed by atoms with Crippen LogP contribution < -0.4 is 9.80 Å². The van der Waals surface area contributed by atoms with Gasteiger partial charge in [-0.2, -0.15) is 0 Å². The molecule has 5 rings (SSSR count). The molecule has 1 fully saturated rings. The van der Waals surface area contributed by atoms with Crippen LogP contribution in [0.3, 0.4) is 0 Å². The van der Waals surface area contributed by atoms with Crippen LogP contribution in [0, 0.1) is 0 Å². The van der Waals surface area contributed by atoms with Crippen LogP contribution in [0.4, 0.5) is 11.4 Å². The Morgan fingerprint density at radius 1 is 0.909 bits per heavy atom. The Labute approximate surface area is 199 Å². The summed E-state index contributed by atoms with van der Waals surface area (Å²) in [4.78, 5) is 41.6. The van der Waals surface area contributed by atoms with Gasteiger partial charge in [0.25, 0.3) is 11.8 Å². The van der Waals surface area contributed by atoms with Crippen LogP contribution in [-0.2, 0) is 16.1 Å². The van der Waals surface area contributed by atoms with Crippen molar-refractivity contribution >= 4 is 63.0 Å². The van der Waals surface area contributed by atoms with E-state index in [9.17, 15) is 19.5 Å². The third-order valence-electron chi connectivity index (χ3n) is 5.45. The molecule has 3 aromatic carbocycles. The van der Waals surface area contributed by atoms with Gasteiger partial charge in [-0.25, -0.2) is 4.79 Å². The first-order valence-electron chi connectivity index (χ1n) is 10.0. The molecular formula is C25H16N2O4S2. The number of aromatic carboxylic acids is 1. The summed E-state index contributed by atoms with van der Waals surface area (Å²) in [5.74, 6) is -1.80. The number of carboxylic acids is 1. The summed E-state index contributed by atoms with van der Waals surface area (Å²) in [6.45, 7) is 0.376. The highest BCUT2D eigenvalue weighted by Crippen LogP contribution is 2.46. The molecule has 2 amide bonds. The van der Waals surface area contributed by atoms with E-state index in [2.05, 4.69) is 0 Å². The summed E-state index contributed by atoms with van der Waals surface area (Å²) >= 11 is 6.51. The van der Waals surface area contributed by atoms with Gasteiger partial charge in [-0.3, -0.25) is 14.5 Å². The summed E-state index contributed by atoms with van der Waals surface area (Å²) in [5.41, 5.74) is 3.10. The standard InChI is InChI=1S/C25H16N2O4S2/c28-22-20(18-11-4-5-12-19(18)26(22)14-15-7-2-1-3-8-15)21-23(29)27(25(32)33-21)17-10-6-9-16(13-17)24(30)31/h1-13H,14H2,(H,30,31)/b21-20-. The lowest BCUT2D eigenvalue weighted by Gasteiger charge is -2.17. The third-order valence-corrected chi connectivity index (χ3v) is 6.83. The molecule has 2 heterocycles. The van der Waals surface area contributed by atoms with Gasteiger partial charge in [0, 0.05) is 5.56 Å². The largest absolute Gasteiger partial charge is 0.478 e. The molecule has 1 N–H and O–H groups in total. The smallest absolute Gasteiger partial charge is 0.335 e.